The van der Waals surface area contributed by atoms with Crippen LogP contribution in [0.15, 0.2) is 36.7 Å². The van der Waals surface area contributed by atoms with Crippen molar-refractivity contribution in [3.63, 3.8) is 0 Å². The Morgan fingerprint density at radius 3 is 2.94 bits per heavy atom. The molecule has 0 fully saturated rings. The third kappa shape index (κ3) is 2.42. The number of fused-ring (bicyclic) bond motifs is 1. The van der Waals surface area contributed by atoms with Crippen LogP contribution < -0.4 is 5.32 Å². The van der Waals surface area contributed by atoms with Gasteiger partial charge < -0.3 is 5.32 Å². The van der Waals surface area contributed by atoms with Crippen molar-refractivity contribution in [3.05, 3.63) is 47.2 Å². The number of aryl methyl sites for hydroxylation is 1. The molecular formula is C13H14N4S. The maximum atomic E-state index is 4.58. The second kappa shape index (κ2) is 4.88. The van der Waals surface area contributed by atoms with Crippen LogP contribution in [0.25, 0.3) is 10.2 Å². The van der Waals surface area contributed by atoms with Crippen LogP contribution >= 0.6 is 11.3 Å². The van der Waals surface area contributed by atoms with Gasteiger partial charge in [-0.2, -0.15) is 5.10 Å². The molecule has 1 aromatic carbocycles. The number of hydrogen-bond acceptors (Lipinski definition) is 4. The average molecular weight is 258 g/mol. The molecule has 1 N–H and O–H groups in total. The fourth-order valence-electron chi connectivity index (χ4n) is 1.87. The summed E-state index contributed by atoms with van der Waals surface area (Å²) in [5.74, 6) is 0. The molecule has 0 spiro atoms. The minimum absolute atomic E-state index is 0.800. The number of rotatable bonds is 4. The molecule has 0 amide bonds. The third-order valence-corrected chi connectivity index (χ3v) is 3.74. The van der Waals surface area contributed by atoms with Crippen molar-refractivity contribution in [3.8, 4) is 0 Å². The number of thiazole rings is 1. The highest BCUT2D eigenvalue weighted by atomic mass is 32.1. The summed E-state index contributed by atoms with van der Waals surface area (Å²) in [5.41, 5.74) is 2.28. The predicted molar refractivity (Wildman–Crippen MR) is 73.4 cm³/mol. The topological polar surface area (TPSA) is 42.7 Å². The summed E-state index contributed by atoms with van der Waals surface area (Å²) in [5, 5.41) is 8.65. The molecule has 2 aromatic heterocycles. The molecule has 0 bridgehead atoms. The molecule has 3 aromatic rings. The van der Waals surface area contributed by atoms with Gasteiger partial charge in [0, 0.05) is 31.9 Å². The van der Waals surface area contributed by atoms with Gasteiger partial charge in [0.2, 0.25) is 0 Å². The lowest BCUT2D eigenvalue weighted by molar-refractivity contribution is 0.689. The van der Waals surface area contributed by atoms with Crippen molar-refractivity contribution in [1.29, 1.82) is 0 Å². The molecular weight excluding hydrogens is 244 g/mol. The maximum absolute atomic E-state index is 4.58. The number of benzene rings is 1. The van der Waals surface area contributed by atoms with Crippen LogP contribution in [0.2, 0.25) is 0 Å². The van der Waals surface area contributed by atoms with Gasteiger partial charge in [0.1, 0.15) is 5.01 Å². The second-order valence-corrected chi connectivity index (χ2v) is 5.32. The Morgan fingerprint density at radius 2 is 2.17 bits per heavy atom. The highest BCUT2D eigenvalue weighted by Gasteiger charge is 2.02. The number of aromatic nitrogens is 3. The van der Waals surface area contributed by atoms with Gasteiger partial charge in [-0.25, -0.2) is 4.98 Å². The molecule has 5 heteroatoms. The van der Waals surface area contributed by atoms with Crippen molar-refractivity contribution >= 4 is 21.6 Å². The van der Waals surface area contributed by atoms with Gasteiger partial charge in [-0.1, -0.05) is 12.1 Å². The lowest BCUT2D eigenvalue weighted by Crippen LogP contribution is -2.11. The Labute approximate surface area is 109 Å². The summed E-state index contributed by atoms with van der Waals surface area (Å²) in [6, 6.07) is 8.23. The van der Waals surface area contributed by atoms with Crippen LogP contribution in [0.4, 0.5) is 0 Å². The van der Waals surface area contributed by atoms with E-state index in [0.717, 1.165) is 23.6 Å². The van der Waals surface area contributed by atoms with Crippen molar-refractivity contribution in [2.24, 2.45) is 7.05 Å². The van der Waals surface area contributed by atoms with E-state index in [2.05, 4.69) is 27.5 Å². The van der Waals surface area contributed by atoms with E-state index in [-0.39, 0.29) is 0 Å². The number of hydrogen-bond donors (Lipinski definition) is 1. The molecule has 4 nitrogen and oxygen atoms in total. The largest absolute Gasteiger partial charge is 0.306 e. The normalized spacial score (nSPS) is 11.2. The fourth-order valence-corrected chi connectivity index (χ4v) is 2.81. The second-order valence-electron chi connectivity index (χ2n) is 4.20. The molecule has 0 saturated heterocycles. The fraction of sp³-hybridized carbons (Fsp3) is 0.231. The van der Waals surface area contributed by atoms with Gasteiger partial charge in [-0.05, 0) is 12.1 Å². The van der Waals surface area contributed by atoms with E-state index < -0.39 is 0 Å². The van der Waals surface area contributed by atoms with Crippen LogP contribution in [0.1, 0.15) is 10.6 Å². The highest BCUT2D eigenvalue weighted by molar-refractivity contribution is 7.18. The van der Waals surface area contributed by atoms with E-state index in [1.807, 2.05) is 36.3 Å². The molecule has 0 aliphatic rings. The zero-order valence-electron chi connectivity index (χ0n) is 10.1. The Bertz CT molecular complexity index is 623. The lowest BCUT2D eigenvalue weighted by Gasteiger charge is -1.98. The smallest absolute Gasteiger partial charge is 0.108 e. The zero-order chi connectivity index (χ0) is 12.4. The van der Waals surface area contributed by atoms with E-state index in [9.17, 15) is 0 Å². The first kappa shape index (κ1) is 11.4. The zero-order valence-corrected chi connectivity index (χ0v) is 10.9. The molecule has 0 unspecified atom stereocenters. The van der Waals surface area contributed by atoms with Gasteiger partial charge in [-0.15, -0.1) is 11.3 Å². The van der Waals surface area contributed by atoms with Crippen LogP contribution in [-0.2, 0) is 20.1 Å². The Kier molecular flexibility index (Phi) is 3.08. The van der Waals surface area contributed by atoms with E-state index >= 15 is 0 Å². The van der Waals surface area contributed by atoms with Gasteiger partial charge in [-0.3, -0.25) is 4.68 Å². The minimum Gasteiger partial charge on any atom is -0.306 e. The van der Waals surface area contributed by atoms with Gasteiger partial charge in [0.15, 0.2) is 0 Å². The average Bonchev–Trinajstić information content (AvgIpc) is 2.95. The molecule has 0 aliphatic heterocycles. The lowest BCUT2D eigenvalue weighted by atomic mass is 10.3. The number of nitrogens with one attached hydrogen (secondary N) is 1. The first-order valence-electron chi connectivity index (χ1n) is 5.84. The number of nitrogens with zero attached hydrogens (tertiary/aromatic N) is 3. The van der Waals surface area contributed by atoms with Gasteiger partial charge >= 0.3 is 0 Å². The quantitative estimate of drug-likeness (QED) is 0.781. The van der Waals surface area contributed by atoms with Crippen LogP contribution in [0.3, 0.4) is 0 Å². The minimum atomic E-state index is 0.800. The molecule has 0 radical (unpaired) electrons. The molecule has 92 valence electrons. The SMILES string of the molecule is Cn1cc(CNCc2nc3ccccc3s2)cn1. The van der Waals surface area contributed by atoms with E-state index in [4.69, 9.17) is 0 Å². The first-order valence-corrected chi connectivity index (χ1v) is 6.65. The Morgan fingerprint density at radius 1 is 1.28 bits per heavy atom. The standard InChI is InChI=1S/C13H14N4S/c1-17-9-10(7-15-17)6-14-8-13-16-11-4-2-3-5-12(11)18-13/h2-5,7,9,14H,6,8H2,1H3. The molecule has 0 saturated carbocycles. The Balaban J connectivity index is 1.62. The van der Waals surface area contributed by atoms with E-state index in [1.54, 1.807) is 11.3 Å². The number of para-hydroxylation sites is 1. The maximum Gasteiger partial charge on any atom is 0.108 e. The van der Waals surface area contributed by atoms with E-state index in [1.165, 1.54) is 10.3 Å². The van der Waals surface area contributed by atoms with Crippen molar-refractivity contribution < 1.29 is 0 Å². The van der Waals surface area contributed by atoms with Crippen LogP contribution in [0, 0.1) is 0 Å². The molecule has 3 rings (SSSR count). The van der Waals surface area contributed by atoms with Crippen LogP contribution in [-0.4, -0.2) is 14.8 Å². The summed E-state index contributed by atoms with van der Waals surface area (Å²) < 4.78 is 3.06. The molecule has 2 heterocycles. The monoisotopic (exact) mass is 258 g/mol. The third-order valence-electron chi connectivity index (χ3n) is 2.70. The summed E-state index contributed by atoms with van der Waals surface area (Å²) in [6.45, 7) is 1.62. The van der Waals surface area contributed by atoms with Crippen molar-refractivity contribution in [2.45, 2.75) is 13.1 Å². The molecule has 0 aliphatic carbocycles. The van der Waals surface area contributed by atoms with Gasteiger partial charge in [0.05, 0.1) is 16.4 Å². The summed E-state index contributed by atoms with van der Waals surface area (Å²) in [4.78, 5) is 4.58. The predicted octanol–water partition coefficient (Wildman–Crippen LogP) is 2.32. The highest BCUT2D eigenvalue weighted by Crippen LogP contribution is 2.21. The molecule has 18 heavy (non-hydrogen) atoms. The first-order chi connectivity index (χ1) is 8.81. The van der Waals surface area contributed by atoms with Crippen molar-refractivity contribution in [1.82, 2.24) is 20.1 Å². The van der Waals surface area contributed by atoms with Crippen LogP contribution in [0.5, 0.6) is 0 Å². The van der Waals surface area contributed by atoms with Gasteiger partial charge in [0.25, 0.3) is 0 Å². The Hall–Kier alpha value is -1.72. The van der Waals surface area contributed by atoms with E-state index in [0.29, 0.717) is 0 Å². The molecule has 0 atom stereocenters. The summed E-state index contributed by atoms with van der Waals surface area (Å²) >= 11 is 1.74. The summed E-state index contributed by atoms with van der Waals surface area (Å²) in [7, 11) is 1.93. The van der Waals surface area contributed by atoms with Crippen molar-refractivity contribution in [2.75, 3.05) is 0 Å². The summed E-state index contributed by atoms with van der Waals surface area (Å²) in [6.07, 6.45) is 3.90.